The lowest BCUT2D eigenvalue weighted by Gasteiger charge is -2.32. The standard InChI is InChI=1S/C20H24BrN3O/c1-16-4-2-3-5-17(16)15-23-10-12-24(13-11-23)20(25)14-22-19-8-6-18(21)7-9-19/h2-9,22H,10-15H2,1H3/p+1. The van der Waals surface area contributed by atoms with E-state index < -0.39 is 0 Å². The van der Waals surface area contributed by atoms with Gasteiger partial charge in [0.2, 0.25) is 5.91 Å². The summed E-state index contributed by atoms with van der Waals surface area (Å²) in [5.74, 6) is 0.179. The van der Waals surface area contributed by atoms with Gasteiger partial charge in [0.05, 0.1) is 32.7 Å². The van der Waals surface area contributed by atoms with Gasteiger partial charge in [0.1, 0.15) is 6.54 Å². The van der Waals surface area contributed by atoms with Gasteiger partial charge in [0.15, 0.2) is 0 Å². The molecule has 2 aromatic rings. The Morgan fingerprint density at radius 1 is 1.12 bits per heavy atom. The number of hydrogen-bond donors (Lipinski definition) is 2. The number of rotatable bonds is 5. The van der Waals surface area contributed by atoms with E-state index in [0.29, 0.717) is 6.54 Å². The van der Waals surface area contributed by atoms with E-state index in [2.05, 4.69) is 52.4 Å². The Labute approximate surface area is 158 Å². The molecule has 1 fully saturated rings. The van der Waals surface area contributed by atoms with Crippen LogP contribution < -0.4 is 10.2 Å². The van der Waals surface area contributed by atoms with E-state index in [1.165, 1.54) is 11.1 Å². The van der Waals surface area contributed by atoms with Crippen LogP contribution in [-0.4, -0.2) is 43.5 Å². The molecule has 0 atom stereocenters. The monoisotopic (exact) mass is 402 g/mol. The van der Waals surface area contributed by atoms with Crippen LogP contribution >= 0.6 is 15.9 Å². The van der Waals surface area contributed by atoms with Crippen molar-refractivity contribution >= 4 is 27.5 Å². The third kappa shape index (κ3) is 5.06. The number of benzene rings is 2. The van der Waals surface area contributed by atoms with Crippen LogP contribution in [0.15, 0.2) is 53.0 Å². The SMILES string of the molecule is Cc1ccccc1C[NH+]1CCN(C(=O)CNc2ccc(Br)cc2)CC1. The zero-order chi connectivity index (χ0) is 17.6. The summed E-state index contributed by atoms with van der Waals surface area (Å²) in [5, 5.41) is 3.21. The third-order valence-electron chi connectivity index (χ3n) is 4.81. The first-order valence-electron chi connectivity index (χ1n) is 8.77. The smallest absolute Gasteiger partial charge is 0.242 e. The molecule has 0 spiro atoms. The highest BCUT2D eigenvalue weighted by molar-refractivity contribution is 9.10. The number of amides is 1. The summed E-state index contributed by atoms with van der Waals surface area (Å²) >= 11 is 3.42. The van der Waals surface area contributed by atoms with Gasteiger partial charge in [-0.25, -0.2) is 0 Å². The molecule has 0 unspecified atom stereocenters. The van der Waals surface area contributed by atoms with Crippen molar-refractivity contribution in [3.63, 3.8) is 0 Å². The Bertz CT molecular complexity index is 709. The maximum atomic E-state index is 12.4. The lowest BCUT2D eigenvalue weighted by atomic mass is 10.1. The van der Waals surface area contributed by atoms with Crippen LogP contribution in [0.4, 0.5) is 5.69 Å². The zero-order valence-electron chi connectivity index (χ0n) is 14.6. The zero-order valence-corrected chi connectivity index (χ0v) is 16.2. The second kappa shape index (κ2) is 8.50. The van der Waals surface area contributed by atoms with Crippen molar-refractivity contribution < 1.29 is 9.69 Å². The number of carbonyl (C=O) groups is 1. The van der Waals surface area contributed by atoms with Gasteiger partial charge in [-0.05, 0) is 36.8 Å². The summed E-state index contributed by atoms with van der Waals surface area (Å²) in [4.78, 5) is 15.9. The van der Waals surface area contributed by atoms with Crippen molar-refractivity contribution in [3.8, 4) is 0 Å². The fourth-order valence-electron chi connectivity index (χ4n) is 3.18. The van der Waals surface area contributed by atoms with E-state index in [-0.39, 0.29) is 5.91 Å². The molecule has 4 nitrogen and oxygen atoms in total. The highest BCUT2D eigenvalue weighted by Crippen LogP contribution is 2.13. The molecule has 0 saturated carbocycles. The van der Waals surface area contributed by atoms with Gasteiger partial charge < -0.3 is 15.1 Å². The van der Waals surface area contributed by atoms with Crippen LogP contribution in [0.5, 0.6) is 0 Å². The molecule has 5 heteroatoms. The van der Waals surface area contributed by atoms with E-state index in [1.54, 1.807) is 4.90 Å². The number of nitrogens with zero attached hydrogens (tertiary/aromatic N) is 1. The molecule has 2 N–H and O–H groups in total. The Morgan fingerprint density at radius 2 is 1.80 bits per heavy atom. The third-order valence-corrected chi connectivity index (χ3v) is 5.34. The Kier molecular flexibility index (Phi) is 6.10. The van der Waals surface area contributed by atoms with Crippen LogP contribution in [0.2, 0.25) is 0 Å². The number of quaternary nitrogens is 1. The predicted octanol–water partition coefficient (Wildman–Crippen LogP) is 2.10. The number of hydrogen-bond acceptors (Lipinski definition) is 2. The number of carbonyl (C=O) groups excluding carboxylic acids is 1. The second-order valence-electron chi connectivity index (χ2n) is 6.59. The molecule has 1 amide bonds. The van der Waals surface area contributed by atoms with Crippen LogP contribution in [0.25, 0.3) is 0 Å². The van der Waals surface area contributed by atoms with Crippen molar-refractivity contribution in [1.82, 2.24) is 4.90 Å². The fourth-order valence-corrected chi connectivity index (χ4v) is 3.45. The van der Waals surface area contributed by atoms with Gasteiger partial charge in [-0.1, -0.05) is 40.2 Å². The van der Waals surface area contributed by atoms with Crippen LogP contribution in [0.3, 0.4) is 0 Å². The molecule has 0 aromatic heterocycles. The van der Waals surface area contributed by atoms with Crippen LogP contribution in [-0.2, 0) is 11.3 Å². The first-order chi connectivity index (χ1) is 12.1. The fraction of sp³-hybridized carbons (Fsp3) is 0.350. The van der Waals surface area contributed by atoms with Gasteiger partial charge in [-0.15, -0.1) is 0 Å². The lowest BCUT2D eigenvalue weighted by molar-refractivity contribution is -0.917. The molecule has 25 heavy (non-hydrogen) atoms. The minimum Gasteiger partial charge on any atom is -0.376 e. The number of anilines is 1. The predicted molar refractivity (Wildman–Crippen MR) is 105 cm³/mol. The largest absolute Gasteiger partial charge is 0.376 e. The van der Waals surface area contributed by atoms with Gasteiger partial charge in [0, 0.05) is 15.7 Å². The minimum atomic E-state index is 0.179. The van der Waals surface area contributed by atoms with E-state index in [0.717, 1.165) is 42.9 Å². The van der Waals surface area contributed by atoms with E-state index >= 15 is 0 Å². The van der Waals surface area contributed by atoms with Gasteiger partial charge in [-0.2, -0.15) is 0 Å². The molecule has 1 aliphatic rings. The summed E-state index contributed by atoms with van der Waals surface area (Å²) in [5.41, 5.74) is 3.74. The second-order valence-corrected chi connectivity index (χ2v) is 7.51. The highest BCUT2D eigenvalue weighted by Gasteiger charge is 2.23. The van der Waals surface area contributed by atoms with Crippen molar-refractivity contribution in [2.45, 2.75) is 13.5 Å². The number of piperazine rings is 1. The number of nitrogens with one attached hydrogen (secondary N) is 2. The molecule has 1 heterocycles. The van der Waals surface area contributed by atoms with Crippen molar-refractivity contribution in [2.24, 2.45) is 0 Å². The average molecular weight is 403 g/mol. The minimum absolute atomic E-state index is 0.179. The summed E-state index contributed by atoms with van der Waals surface area (Å²) < 4.78 is 1.04. The van der Waals surface area contributed by atoms with E-state index in [1.807, 2.05) is 29.2 Å². The molecule has 1 aliphatic heterocycles. The molecule has 0 radical (unpaired) electrons. The van der Waals surface area contributed by atoms with Crippen molar-refractivity contribution in [1.29, 1.82) is 0 Å². The quantitative estimate of drug-likeness (QED) is 0.803. The van der Waals surface area contributed by atoms with Crippen molar-refractivity contribution in [2.75, 3.05) is 38.0 Å². The average Bonchev–Trinajstić information content (AvgIpc) is 2.63. The summed E-state index contributed by atoms with van der Waals surface area (Å²) in [6, 6.07) is 16.5. The highest BCUT2D eigenvalue weighted by atomic mass is 79.9. The van der Waals surface area contributed by atoms with Gasteiger partial charge in [-0.3, -0.25) is 4.79 Å². The number of aryl methyl sites for hydroxylation is 1. The van der Waals surface area contributed by atoms with Crippen LogP contribution in [0.1, 0.15) is 11.1 Å². The molecule has 0 aliphatic carbocycles. The Morgan fingerprint density at radius 3 is 2.48 bits per heavy atom. The topological polar surface area (TPSA) is 36.8 Å². The molecule has 2 aromatic carbocycles. The molecular formula is C20H25BrN3O+. The maximum absolute atomic E-state index is 12.4. The van der Waals surface area contributed by atoms with E-state index in [9.17, 15) is 4.79 Å². The first-order valence-corrected chi connectivity index (χ1v) is 9.56. The molecule has 3 rings (SSSR count). The summed E-state index contributed by atoms with van der Waals surface area (Å²) in [6.07, 6.45) is 0. The van der Waals surface area contributed by atoms with Gasteiger partial charge >= 0.3 is 0 Å². The Balaban J connectivity index is 1.44. The lowest BCUT2D eigenvalue weighted by Crippen LogP contribution is -3.13. The molecule has 1 saturated heterocycles. The summed E-state index contributed by atoms with van der Waals surface area (Å²) in [6.45, 7) is 7.27. The Hall–Kier alpha value is -1.85. The normalized spacial score (nSPS) is 15.2. The van der Waals surface area contributed by atoms with Crippen LogP contribution in [0, 0.1) is 6.92 Å². The molecule has 0 bridgehead atoms. The summed E-state index contributed by atoms with van der Waals surface area (Å²) in [7, 11) is 0. The first kappa shape index (κ1) is 18.0. The van der Waals surface area contributed by atoms with Gasteiger partial charge in [0.25, 0.3) is 0 Å². The van der Waals surface area contributed by atoms with E-state index in [4.69, 9.17) is 0 Å². The molecular weight excluding hydrogens is 378 g/mol. The number of halogens is 1. The molecule has 132 valence electrons. The maximum Gasteiger partial charge on any atom is 0.242 e. The van der Waals surface area contributed by atoms with Crippen molar-refractivity contribution in [3.05, 3.63) is 64.1 Å².